The summed E-state index contributed by atoms with van der Waals surface area (Å²) in [5.74, 6) is 8.54. The average molecular weight is 168 g/mol. The second-order valence-corrected chi connectivity index (χ2v) is 3.12. The molecule has 2 unspecified atom stereocenters. The SMILES string of the molecule is C#CC(NN)C(CC)CCCC. The lowest BCUT2D eigenvalue weighted by Gasteiger charge is -2.20. The third-order valence-electron chi connectivity index (χ3n) is 2.28. The molecule has 2 atom stereocenters. The lowest BCUT2D eigenvalue weighted by molar-refractivity contribution is 0.374. The zero-order valence-electron chi connectivity index (χ0n) is 8.14. The highest BCUT2D eigenvalue weighted by atomic mass is 15.2. The summed E-state index contributed by atoms with van der Waals surface area (Å²) >= 11 is 0. The number of hydrogen-bond acceptors (Lipinski definition) is 2. The molecule has 0 aliphatic rings. The third-order valence-corrected chi connectivity index (χ3v) is 2.28. The fraction of sp³-hybridized carbons (Fsp3) is 0.800. The van der Waals surface area contributed by atoms with E-state index in [-0.39, 0.29) is 6.04 Å². The van der Waals surface area contributed by atoms with Gasteiger partial charge < -0.3 is 0 Å². The van der Waals surface area contributed by atoms with Crippen molar-refractivity contribution < 1.29 is 0 Å². The number of nitrogens with two attached hydrogens (primary N) is 1. The topological polar surface area (TPSA) is 38.0 Å². The Balaban J connectivity index is 3.86. The lowest BCUT2D eigenvalue weighted by atomic mass is 9.92. The van der Waals surface area contributed by atoms with Crippen molar-refractivity contribution in [2.24, 2.45) is 11.8 Å². The van der Waals surface area contributed by atoms with Gasteiger partial charge in [0.2, 0.25) is 0 Å². The van der Waals surface area contributed by atoms with Crippen molar-refractivity contribution in [1.29, 1.82) is 0 Å². The quantitative estimate of drug-likeness (QED) is 0.360. The Bertz CT molecular complexity index is 137. The zero-order chi connectivity index (χ0) is 9.40. The van der Waals surface area contributed by atoms with E-state index in [4.69, 9.17) is 12.3 Å². The van der Waals surface area contributed by atoms with Crippen LogP contribution in [-0.2, 0) is 0 Å². The summed E-state index contributed by atoms with van der Waals surface area (Å²) in [6.07, 6.45) is 10.1. The van der Waals surface area contributed by atoms with Crippen LogP contribution in [0.1, 0.15) is 39.5 Å². The van der Waals surface area contributed by atoms with E-state index in [1.807, 2.05) is 0 Å². The predicted molar refractivity (Wildman–Crippen MR) is 53.3 cm³/mol. The summed E-state index contributed by atoms with van der Waals surface area (Å²) in [6.45, 7) is 4.34. The fourth-order valence-electron chi connectivity index (χ4n) is 1.39. The normalized spacial score (nSPS) is 15.2. The van der Waals surface area contributed by atoms with Crippen LogP contribution in [0.4, 0.5) is 0 Å². The monoisotopic (exact) mass is 168 g/mol. The number of hydrazine groups is 1. The highest BCUT2D eigenvalue weighted by molar-refractivity contribution is 5.00. The fourth-order valence-corrected chi connectivity index (χ4v) is 1.39. The summed E-state index contributed by atoms with van der Waals surface area (Å²) in [5, 5.41) is 0. The van der Waals surface area contributed by atoms with E-state index in [0.717, 1.165) is 6.42 Å². The van der Waals surface area contributed by atoms with Crippen LogP contribution in [0.5, 0.6) is 0 Å². The first kappa shape index (κ1) is 11.5. The van der Waals surface area contributed by atoms with Crippen LogP contribution in [0.15, 0.2) is 0 Å². The van der Waals surface area contributed by atoms with Gasteiger partial charge in [-0.1, -0.05) is 39.0 Å². The van der Waals surface area contributed by atoms with Crippen LogP contribution in [0.2, 0.25) is 0 Å². The first-order valence-corrected chi connectivity index (χ1v) is 4.72. The van der Waals surface area contributed by atoms with Crippen molar-refractivity contribution >= 4 is 0 Å². The standard InChI is InChI=1S/C10H20N2/c1-4-7-8-9(5-2)10(6-3)12-11/h3,9-10,12H,4-5,7-8,11H2,1-2H3. The van der Waals surface area contributed by atoms with Crippen LogP contribution < -0.4 is 11.3 Å². The van der Waals surface area contributed by atoms with Gasteiger partial charge in [-0.15, -0.1) is 6.42 Å². The van der Waals surface area contributed by atoms with Crippen LogP contribution in [-0.4, -0.2) is 6.04 Å². The minimum atomic E-state index is 0.0431. The summed E-state index contributed by atoms with van der Waals surface area (Å²) in [4.78, 5) is 0. The van der Waals surface area contributed by atoms with Crippen molar-refractivity contribution in [3.05, 3.63) is 0 Å². The predicted octanol–water partition coefficient (Wildman–Crippen LogP) is 1.67. The molecule has 0 aromatic rings. The van der Waals surface area contributed by atoms with E-state index in [0.29, 0.717) is 5.92 Å². The van der Waals surface area contributed by atoms with Gasteiger partial charge in [0.25, 0.3) is 0 Å². The second kappa shape index (κ2) is 7.15. The molecule has 0 aliphatic carbocycles. The van der Waals surface area contributed by atoms with Gasteiger partial charge in [-0.25, -0.2) is 5.43 Å². The van der Waals surface area contributed by atoms with Gasteiger partial charge in [0.15, 0.2) is 0 Å². The minimum Gasteiger partial charge on any atom is -0.270 e. The maximum absolute atomic E-state index is 5.34. The van der Waals surface area contributed by atoms with Gasteiger partial charge in [0.1, 0.15) is 0 Å². The number of nitrogens with one attached hydrogen (secondary N) is 1. The van der Waals surface area contributed by atoms with Crippen LogP contribution in [0, 0.1) is 18.3 Å². The maximum Gasteiger partial charge on any atom is 0.0842 e. The molecular formula is C10H20N2. The molecule has 0 bridgehead atoms. The largest absolute Gasteiger partial charge is 0.270 e. The Morgan fingerprint density at radius 3 is 2.50 bits per heavy atom. The van der Waals surface area contributed by atoms with Gasteiger partial charge in [0, 0.05) is 0 Å². The molecule has 0 amide bonds. The Morgan fingerprint density at radius 1 is 1.50 bits per heavy atom. The summed E-state index contributed by atoms with van der Waals surface area (Å²) < 4.78 is 0. The molecule has 3 N–H and O–H groups in total. The van der Waals surface area contributed by atoms with Gasteiger partial charge in [-0.05, 0) is 12.3 Å². The first-order valence-electron chi connectivity index (χ1n) is 4.72. The molecule has 2 heteroatoms. The minimum absolute atomic E-state index is 0.0431. The van der Waals surface area contributed by atoms with Crippen molar-refractivity contribution in [3.63, 3.8) is 0 Å². The lowest BCUT2D eigenvalue weighted by Crippen LogP contribution is -2.39. The van der Waals surface area contributed by atoms with E-state index in [1.54, 1.807) is 0 Å². The molecule has 0 fully saturated rings. The molecule has 0 aromatic heterocycles. The number of terminal acetylenes is 1. The molecule has 0 radical (unpaired) electrons. The summed E-state index contributed by atoms with van der Waals surface area (Å²) in [7, 11) is 0. The van der Waals surface area contributed by atoms with Crippen molar-refractivity contribution in [3.8, 4) is 12.3 Å². The van der Waals surface area contributed by atoms with Gasteiger partial charge in [0.05, 0.1) is 6.04 Å². The maximum atomic E-state index is 5.34. The molecule has 0 aromatic carbocycles. The molecule has 0 saturated carbocycles. The molecule has 12 heavy (non-hydrogen) atoms. The molecular weight excluding hydrogens is 148 g/mol. The number of unbranched alkanes of at least 4 members (excludes halogenated alkanes) is 1. The highest BCUT2D eigenvalue weighted by Gasteiger charge is 2.14. The van der Waals surface area contributed by atoms with Gasteiger partial charge >= 0.3 is 0 Å². The van der Waals surface area contributed by atoms with Gasteiger partial charge in [-0.2, -0.15) is 0 Å². The van der Waals surface area contributed by atoms with E-state index < -0.39 is 0 Å². The average Bonchev–Trinajstić information content (AvgIpc) is 2.12. The molecule has 0 spiro atoms. The van der Waals surface area contributed by atoms with Gasteiger partial charge in [-0.3, -0.25) is 5.84 Å². The molecule has 0 rings (SSSR count). The summed E-state index contributed by atoms with van der Waals surface area (Å²) in [5.41, 5.74) is 2.68. The Kier molecular flexibility index (Phi) is 6.84. The highest BCUT2D eigenvalue weighted by Crippen LogP contribution is 2.15. The third kappa shape index (κ3) is 3.75. The Hall–Kier alpha value is -0.520. The summed E-state index contributed by atoms with van der Waals surface area (Å²) in [6, 6.07) is 0.0431. The van der Waals surface area contributed by atoms with Crippen molar-refractivity contribution in [1.82, 2.24) is 5.43 Å². The van der Waals surface area contributed by atoms with Crippen LogP contribution >= 0.6 is 0 Å². The van der Waals surface area contributed by atoms with Crippen molar-refractivity contribution in [2.75, 3.05) is 0 Å². The molecule has 0 saturated heterocycles. The zero-order valence-corrected chi connectivity index (χ0v) is 8.14. The number of rotatable bonds is 6. The van der Waals surface area contributed by atoms with E-state index in [2.05, 4.69) is 25.2 Å². The van der Waals surface area contributed by atoms with E-state index in [1.165, 1.54) is 19.3 Å². The van der Waals surface area contributed by atoms with E-state index >= 15 is 0 Å². The van der Waals surface area contributed by atoms with Crippen LogP contribution in [0.3, 0.4) is 0 Å². The molecule has 0 heterocycles. The molecule has 2 nitrogen and oxygen atoms in total. The van der Waals surface area contributed by atoms with E-state index in [9.17, 15) is 0 Å². The molecule has 70 valence electrons. The Morgan fingerprint density at radius 2 is 2.17 bits per heavy atom. The number of hydrogen-bond donors (Lipinski definition) is 2. The Labute approximate surface area is 75.9 Å². The molecule has 0 aliphatic heterocycles. The second-order valence-electron chi connectivity index (χ2n) is 3.12. The van der Waals surface area contributed by atoms with Crippen LogP contribution in [0.25, 0.3) is 0 Å². The first-order chi connectivity index (χ1) is 5.79. The smallest absolute Gasteiger partial charge is 0.0842 e. The van der Waals surface area contributed by atoms with Crippen molar-refractivity contribution in [2.45, 2.75) is 45.6 Å².